The monoisotopic (exact) mass is 278 g/mol. The number of carbonyl (C=O) groups excluding carboxylic acids is 1. The molecule has 0 aliphatic heterocycles. The molecule has 3 nitrogen and oxygen atoms in total. The van der Waals surface area contributed by atoms with Crippen LogP contribution in [0.5, 0.6) is 0 Å². The molecule has 21 heavy (non-hydrogen) atoms. The third-order valence-corrected chi connectivity index (χ3v) is 3.16. The topological polar surface area (TPSA) is 39.4 Å². The summed E-state index contributed by atoms with van der Waals surface area (Å²) in [6.07, 6.45) is 4.76. The first-order valence-electron chi connectivity index (χ1n) is 6.68. The molecule has 3 aromatic rings. The van der Waals surface area contributed by atoms with E-state index in [4.69, 9.17) is 9.15 Å². The fourth-order valence-corrected chi connectivity index (χ4v) is 2.14. The van der Waals surface area contributed by atoms with Crippen LogP contribution in [0.4, 0.5) is 0 Å². The molecule has 0 N–H and O–H groups in total. The second-order valence-corrected chi connectivity index (χ2v) is 4.59. The summed E-state index contributed by atoms with van der Waals surface area (Å²) in [6.45, 7) is 0.145. The average molecular weight is 278 g/mol. The van der Waals surface area contributed by atoms with Crippen molar-refractivity contribution < 1.29 is 13.9 Å². The zero-order valence-electron chi connectivity index (χ0n) is 11.4. The van der Waals surface area contributed by atoms with E-state index >= 15 is 0 Å². The lowest BCUT2D eigenvalue weighted by Gasteiger charge is -2.02. The number of esters is 1. The molecule has 3 rings (SSSR count). The normalized spacial score (nSPS) is 11.0. The maximum Gasteiger partial charge on any atom is 0.331 e. The molecule has 0 aliphatic rings. The van der Waals surface area contributed by atoms with E-state index in [9.17, 15) is 4.79 Å². The van der Waals surface area contributed by atoms with E-state index in [1.165, 1.54) is 6.08 Å². The lowest BCUT2D eigenvalue weighted by atomic mass is 10.0. The summed E-state index contributed by atoms with van der Waals surface area (Å²) in [5, 5.41) is 2.25. The van der Waals surface area contributed by atoms with Crippen LogP contribution in [0.15, 0.2) is 71.4 Å². The Bertz CT molecular complexity index is 765. The van der Waals surface area contributed by atoms with Crippen LogP contribution in [0, 0.1) is 0 Å². The van der Waals surface area contributed by atoms with Crippen LogP contribution in [0.1, 0.15) is 11.3 Å². The largest absolute Gasteiger partial charge is 0.466 e. The molecule has 0 atom stereocenters. The highest BCUT2D eigenvalue weighted by Gasteiger charge is 2.01. The molecule has 0 bridgehead atoms. The predicted octanol–water partition coefficient (Wildman–Crippen LogP) is 4.19. The van der Waals surface area contributed by atoms with E-state index in [1.807, 2.05) is 42.5 Å². The third kappa shape index (κ3) is 3.20. The number of hydrogen-bond donors (Lipinski definition) is 0. The number of fused-ring (bicyclic) bond motifs is 1. The van der Waals surface area contributed by atoms with Crippen molar-refractivity contribution in [1.82, 2.24) is 0 Å². The molecule has 2 aromatic carbocycles. The summed E-state index contributed by atoms with van der Waals surface area (Å²) in [6, 6.07) is 17.6. The molecule has 0 amide bonds. The molecule has 0 saturated heterocycles. The van der Waals surface area contributed by atoms with E-state index in [-0.39, 0.29) is 12.6 Å². The van der Waals surface area contributed by atoms with Gasteiger partial charge in [0.25, 0.3) is 0 Å². The Kier molecular flexibility index (Phi) is 3.83. The number of carbonyl (C=O) groups is 1. The van der Waals surface area contributed by atoms with Gasteiger partial charge in [0, 0.05) is 6.08 Å². The van der Waals surface area contributed by atoms with Gasteiger partial charge < -0.3 is 9.15 Å². The van der Waals surface area contributed by atoms with Crippen molar-refractivity contribution in [3.05, 3.63) is 78.3 Å². The standard InChI is InChI=1S/C18H14O3/c19-18(21-13-16-8-4-12-20-16)11-10-15-7-3-6-14-5-1-2-9-17(14)15/h1-12H,13H2. The van der Waals surface area contributed by atoms with Gasteiger partial charge in [-0.25, -0.2) is 4.79 Å². The molecule has 0 fully saturated rings. The van der Waals surface area contributed by atoms with Gasteiger partial charge in [0.2, 0.25) is 0 Å². The zero-order chi connectivity index (χ0) is 14.5. The van der Waals surface area contributed by atoms with Gasteiger partial charge in [-0.2, -0.15) is 0 Å². The quantitative estimate of drug-likeness (QED) is 0.530. The first-order valence-corrected chi connectivity index (χ1v) is 6.68. The highest BCUT2D eigenvalue weighted by atomic mass is 16.5. The first-order chi connectivity index (χ1) is 10.3. The summed E-state index contributed by atoms with van der Waals surface area (Å²) >= 11 is 0. The molecular weight excluding hydrogens is 264 g/mol. The molecule has 0 radical (unpaired) electrons. The minimum Gasteiger partial charge on any atom is -0.466 e. The van der Waals surface area contributed by atoms with E-state index < -0.39 is 0 Å². The van der Waals surface area contributed by atoms with E-state index in [0.29, 0.717) is 5.76 Å². The fraction of sp³-hybridized carbons (Fsp3) is 0.0556. The Balaban J connectivity index is 1.71. The SMILES string of the molecule is O=C(C=Cc1cccc2ccccc12)OCc1ccco1. The number of furan rings is 1. The molecular formula is C18H14O3. The van der Waals surface area contributed by atoms with Gasteiger partial charge >= 0.3 is 5.97 Å². The van der Waals surface area contributed by atoms with Crippen LogP contribution in [0.25, 0.3) is 16.8 Å². The Morgan fingerprint density at radius 3 is 2.76 bits per heavy atom. The van der Waals surface area contributed by atoms with Crippen LogP contribution in [-0.4, -0.2) is 5.97 Å². The minimum atomic E-state index is -0.390. The second-order valence-electron chi connectivity index (χ2n) is 4.59. The fourth-order valence-electron chi connectivity index (χ4n) is 2.14. The Labute approximate surface area is 122 Å². The summed E-state index contributed by atoms with van der Waals surface area (Å²) in [5.41, 5.74) is 0.989. The Morgan fingerprint density at radius 1 is 1.05 bits per heavy atom. The maximum absolute atomic E-state index is 11.7. The van der Waals surface area contributed by atoms with E-state index in [2.05, 4.69) is 0 Å². The van der Waals surface area contributed by atoms with Gasteiger partial charge in [-0.1, -0.05) is 42.5 Å². The number of rotatable bonds is 4. The molecule has 1 aromatic heterocycles. The smallest absolute Gasteiger partial charge is 0.331 e. The average Bonchev–Trinajstić information content (AvgIpc) is 3.04. The molecule has 0 spiro atoms. The summed E-state index contributed by atoms with van der Waals surface area (Å²) in [7, 11) is 0. The lowest BCUT2D eigenvalue weighted by molar-refractivity contribution is -0.139. The second kappa shape index (κ2) is 6.09. The van der Waals surface area contributed by atoms with Crippen molar-refractivity contribution >= 4 is 22.8 Å². The van der Waals surface area contributed by atoms with Crippen molar-refractivity contribution in [2.75, 3.05) is 0 Å². The summed E-state index contributed by atoms with van der Waals surface area (Å²) in [5.74, 6) is 0.237. The van der Waals surface area contributed by atoms with E-state index in [1.54, 1.807) is 24.5 Å². The van der Waals surface area contributed by atoms with Crippen molar-refractivity contribution in [3.8, 4) is 0 Å². The number of benzene rings is 2. The van der Waals surface area contributed by atoms with Crippen molar-refractivity contribution in [2.45, 2.75) is 6.61 Å². The molecule has 0 aliphatic carbocycles. The third-order valence-electron chi connectivity index (χ3n) is 3.16. The zero-order valence-corrected chi connectivity index (χ0v) is 11.4. The summed E-state index contributed by atoms with van der Waals surface area (Å²) in [4.78, 5) is 11.7. The van der Waals surface area contributed by atoms with Crippen LogP contribution >= 0.6 is 0 Å². The molecule has 104 valence electrons. The van der Waals surface area contributed by atoms with Gasteiger partial charge in [0.05, 0.1) is 6.26 Å². The first kappa shape index (κ1) is 13.2. The van der Waals surface area contributed by atoms with Gasteiger partial charge in [0.15, 0.2) is 0 Å². The Hall–Kier alpha value is -2.81. The minimum absolute atomic E-state index is 0.145. The van der Waals surface area contributed by atoms with Crippen LogP contribution in [0.3, 0.4) is 0 Å². The van der Waals surface area contributed by atoms with Crippen molar-refractivity contribution in [1.29, 1.82) is 0 Å². The molecule has 0 unspecified atom stereocenters. The molecule has 1 heterocycles. The van der Waals surface area contributed by atoms with Crippen LogP contribution in [0.2, 0.25) is 0 Å². The maximum atomic E-state index is 11.7. The highest BCUT2D eigenvalue weighted by molar-refractivity contribution is 5.94. The molecule has 0 saturated carbocycles. The van der Waals surface area contributed by atoms with Gasteiger partial charge in [-0.15, -0.1) is 0 Å². The van der Waals surface area contributed by atoms with Crippen molar-refractivity contribution in [3.63, 3.8) is 0 Å². The van der Waals surface area contributed by atoms with Crippen LogP contribution in [-0.2, 0) is 16.1 Å². The summed E-state index contributed by atoms with van der Waals surface area (Å²) < 4.78 is 10.2. The highest BCUT2D eigenvalue weighted by Crippen LogP contribution is 2.19. The van der Waals surface area contributed by atoms with Crippen molar-refractivity contribution in [2.24, 2.45) is 0 Å². The van der Waals surface area contributed by atoms with Gasteiger partial charge in [-0.05, 0) is 34.5 Å². The number of ether oxygens (including phenoxy) is 1. The lowest BCUT2D eigenvalue weighted by Crippen LogP contribution is -1.99. The van der Waals surface area contributed by atoms with E-state index in [0.717, 1.165) is 16.3 Å². The Morgan fingerprint density at radius 2 is 1.90 bits per heavy atom. The molecule has 3 heteroatoms. The van der Waals surface area contributed by atoms with Gasteiger partial charge in [0.1, 0.15) is 12.4 Å². The number of hydrogen-bond acceptors (Lipinski definition) is 3. The van der Waals surface area contributed by atoms with Crippen LogP contribution < -0.4 is 0 Å². The predicted molar refractivity (Wildman–Crippen MR) is 81.5 cm³/mol. The van der Waals surface area contributed by atoms with Gasteiger partial charge in [-0.3, -0.25) is 0 Å².